The molecule has 3 aliphatic rings. The molecule has 2 aromatic rings. The van der Waals surface area contributed by atoms with Gasteiger partial charge in [-0.2, -0.15) is 5.10 Å². The summed E-state index contributed by atoms with van der Waals surface area (Å²) in [5.41, 5.74) is 3.11. The van der Waals surface area contributed by atoms with Gasteiger partial charge in [-0.25, -0.2) is 5.01 Å². The van der Waals surface area contributed by atoms with Crippen molar-refractivity contribution < 1.29 is 4.74 Å². The molecule has 5 heteroatoms. The highest BCUT2D eigenvalue weighted by Crippen LogP contribution is 2.50. The molecule has 0 aliphatic carbocycles. The summed E-state index contributed by atoms with van der Waals surface area (Å²) < 4.78 is 6.68. The summed E-state index contributed by atoms with van der Waals surface area (Å²) in [6.07, 6.45) is 2.79. The van der Waals surface area contributed by atoms with E-state index < -0.39 is 0 Å². The second-order valence-electron chi connectivity index (χ2n) is 8.34. The Balaban J connectivity index is 1.55. The molecule has 5 rings (SSSR count). The Bertz CT molecular complexity index is 903. The van der Waals surface area contributed by atoms with Crippen LogP contribution in [0.25, 0.3) is 0 Å². The van der Waals surface area contributed by atoms with Gasteiger partial charge in [0.05, 0.1) is 11.8 Å². The van der Waals surface area contributed by atoms with Gasteiger partial charge in [0.25, 0.3) is 0 Å². The Morgan fingerprint density at radius 2 is 1.86 bits per heavy atom. The molecule has 3 aliphatic heterocycles. The van der Waals surface area contributed by atoms with Gasteiger partial charge in [-0.1, -0.05) is 41.9 Å². The van der Waals surface area contributed by atoms with Crippen molar-refractivity contribution in [2.75, 3.05) is 13.1 Å². The van der Waals surface area contributed by atoms with Crippen LogP contribution in [0.2, 0.25) is 5.02 Å². The average Bonchev–Trinajstić information content (AvgIpc) is 3.17. The highest BCUT2D eigenvalue weighted by molar-refractivity contribution is 6.30. The lowest BCUT2D eigenvalue weighted by molar-refractivity contribution is -0.152. The highest BCUT2D eigenvalue weighted by atomic mass is 35.5. The number of benzene rings is 2. The molecule has 0 bridgehead atoms. The van der Waals surface area contributed by atoms with E-state index in [0.717, 1.165) is 54.4 Å². The molecule has 0 saturated carbocycles. The number of halogens is 1. The van der Waals surface area contributed by atoms with Crippen molar-refractivity contribution in [3.63, 3.8) is 0 Å². The van der Waals surface area contributed by atoms with E-state index in [1.807, 2.05) is 24.3 Å². The minimum absolute atomic E-state index is 0.184. The Kier molecular flexibility index (Phi) is 4.37. The maximum Gasteiger partial charge on any atom is 0.200 e. The summed E-state index contributed by atoms with van der Waals surface area (Å²) >= 11 is 6.33. The van der Waals surface area contributed by atoms with E-state index in [9.17, 15) is 0 Å². The second kappa shape index (κ2) is 6.78. The van der Waals surface area contributed by atoms with E-state index in [1.165, 1.54) is 5.56 Å². The van der Waals surface area contributed by atoms with Gasteiger partial charge in [-0.15, -0.1) is 0 Å². The molecule has 1 fully saturated rings. The van der Waals surface area contributed by atoms with Crippen LogP contribution in [-0.2, 0) is 0 Å². The largest absolute Gasteiger partial charge is 0.466 e. The molecule has 0 amide bonds. The predicted octanol–water partition coefficient (Wildman–Crippen LogP) is 5.08. The summed E-state index contributed by atoms with van der Waals surface area (Å²) in [6, 6.07) is 17.2. The third kappa shape index (κ3) is 2.90. The third-order valence-corrected chi connectivity index (χ3v) is 6.61. The molecular formula is C23H26ClN3O. The lowest BCUT2D eigenvalue weighted by Gasteiger charge is -2.51. The van der Waals surface area contributed by atoms with Gasteiger partial charge in [0.15, 0.2) is 0 Å². The van der Waals surface area contributed by atoms with E-state index in [1.54, 1.807) is 0 Å². The number of ether oxygens (including phenoxy) is 1. The Labute approximate surface area is 171 Å². The fraction of sp³-hybridized carbons (Fsp3) is 0.435. The number of likely N-dealkylation sites (tertiary alicyclic amines) is 1. The van der Waals surface area contributed by atoms with Crippen molar-refractivity contribution >= 4 is 17.3 Å². The summed E-state index contributed by atoms with van der Waals surface area (Å²) in [5, 5.41) is 8.13. The number of fused-ring (bicyclic) bond motifs is 4. The normalized spacial score (nSPS) is 23.4. The molecule has 0 radical (unpaired) electrons. The van der Waals surface area contributed by atoms with Crippen LogP contribution in [0.5, 0.6) is 5.75 Å². The minimum atomic E-state index is -0.368. The van der Waals surface area contributed by atoms with Gasteiger partial charge in [0.1, 0.15) is 5.75 Å². The zero-order chi connectivity index (χ0) is 19.3. The second-order valence-corrected chi connectivity index (χ2v) is 8.77. The molecule has 0 aromatic heterocycles. The van der Waals surface area contributed by atoms with Gasteiger partial charge in [0, 0.05) is 49.0 Å². The van der Waals surface area contributed by atoms with Crippen LogP contribution in [0.3, 0.4) is 0 Å². The summed E-state index contributed by atoms with van der Waals surface area (Å²) in [7, 11) is 0. The van der Waals surface area contributed by atoms with E-state index in [4.69, 9.17) is 21.4 Å². The molecule has 1 saturated heterocycles. The predicted molar refractivity (Wildman–Crippen MR) is 113 cm³/mol. The van der Waals surface area contributed by atoms with Gasteiger partial charge in [-0.05, 0) is 37.6 Å². The van der Waals surface area contributed by atoms with Crippen molar-refractivity contribution in [2.24, 2.45) is 5.10 Å². The first-order valence-electron chi connectivity index (χ1n) is 10.2. The Hall–Kier alpha value is -2.04. The van der Waals surface area contributed by atoms with E-state index >= 15 is 0 Å². The molecule has 2 aromatic carbocycles. The first kappa shape index (κ1) is 18.0. The van der Waals surface area contributed by atoms with E-state index in [-0.39, 0.29) is 11.8 Å². The number of hydrogen-bond acceptors (Lipinski definition) is 4. The number of hydrazone groups is 1. The molecule has 28 heavy (non-hydrogen) atoms. The number of hydrogen-bond donors (Lipinski definition) is 0. The lowest BCUT2D eigenvalue weighted by atomic mass is 9.90. The summed E-state index contributed by atoms with van der Waals surface area (Å²) in [6.45, 7) is 6.59. The molecule has 1 atom stereocenters. The average molecular weight is 396 g/mol. The van der Waals surface area contributed by atoms with Crippen molar-refractivity contribution in [1.82, 2.24) is 9.91 Å². The molecule has 146 valence electrons. The zero-order valence-electron chi connectivity index (χ0n) is 16.4. The van der Waals surface area contributed by atoms with E-state index in [0.29, 0.717) is 6.04 Å². The quantitative estimate of drug-likeness (QED) is 0.709. The molecule has 3 heterocycles. The molecule has 4 nitrogen and oxygen atoms in total. The van der Waals surface area contributed by atoms with Crippen LogP contribution in [0.15, 0.2) is 53.6 Å². The van der Waals surface area contributed by atoms with Crippen LogP contribution >= 0.6 is 11.6 Å². The van der Waals surface area contributed by atoms with Crippen molar-refractivity contribution in [3.05, 3.63) is 64.7 Å². The van der Waals surface area contributed by atoms with Gasteiger partial charge < -0.3 is 9.64 Å². The maximum absolute atomic E-state index is 6.68. The minimum Gasteiger partial charge on any atom is -0.466 e. The first-order valence-corrected chi connectivity index (χ1v) is 10.6. The Morgan fingerprint density at radius 1 is 1.11 bits per heavy atom. The van der Waals surface area contributed by atoms with Crippen LogP contribution in [-0.4, -0.2) is 40.5 Å². The van der Waals surface area contributed by atoms with Gasteiger partial charge in [-0.3, -0.25) is 0 Å². The number of piperidine rings is 1. The molecular weight excluding hydrogens is 370 g/mol. The number of nitrogens with zero attached hydrogens (tertiary/aromatic N) is 3. The van der Waals surface area contributed by atoms with Gasteiger partial charge >= 0.3 is 0 Å². The SMILES string of the molecule is CC(C)N1CCC2(CC1)Oc1ccc(Cl)cc1[C@@H]1CC(c3ccccc3)=NN12. The Morgan fingerprint density at radius 3 is 2.57 bits per heavy atom. The van der Waals surface area contributed by atoms with Crippen LogP contribution in [0.4, 0.5) is 0 Å². The van der Waals surface area contributed by atoms with Crippen molar-refractivity contribution in [1.29, 1.82) is 0 Å². The van der Waals surface area contributed by atoms with Crippen LogP contribution in [0.1, 0.15) is 50.3 Å². The van der Waals surface area contributed by atoms with Crippen LogP contribution < -0.4 is 4.74 Å². The van der Waals surface area contributed by atoms with Crippen LogP contribution in [0, 0.1) is 0 Å². The topological polar surface area (TPSA) is 28.1 Å². The summed E-state index contributed by atoms with van der Waals surface area (Å²) in [4.78, 5) is 2.53. The smallest absolute Gasteiger partial charge is 0.200 e. The molecule has 0 N–H and O–H groups in total. The zero-order valence-corrected chi connectivity index (χ0v) is 17.2. The van der Waals surface area contributed by atoms with Crippen molar-refractivity contribution in [2.45, 2.75) is 50.9 Å². The number of rotatable bonds is 2. The highest BCUT2D eigenvalue weighted by Gasteiger charge is 2.52. The fourth-order valence-corrected chi connectivity index (χ4v) is 4.96. The first-order chi connectivity index (χ1) is 13.6. The van der Waals surface area contributed by atoms with Crippen molar-refractivity contribution in [3.8, 4) is 5.75 Å². The summed E-state index contributed by atoms with van der Waals surface area (Å²) in [5.74, 6) is 0.966. The fourth-order valence-electron chi connectivity index (χ4n) is 4.78. The maximum atomic E-state index is 6.68. The lowest BCUT2D eigenvalue weighted by Crippen LogP contribution is -2.59. The van der Waals surface area contributed by atoms with E-state index in [2.05, 4.69) is 48.0 Å². The standard InChI is InChI=1S/C23H26ClN3O/c1-16(2)26-12-10-23(11-13-26)27-21(19-14-18(24)8-9-22(19)28-23)15-20(25-27)17-6-4-3-5-7-17/h3-9,14,16,21H,10-13,15H2,1-2H3/t21-/m0/s1. The molecule has 0 unspecified atom stereocenters. The monoisotopic (exact) mass is 395 g/mol. The third-order valence-electron chi connectivity index (χ3n) is 6.38. The van der Waals surface area contributed by atoms with Gasteiger partial charge in [0.2, 0.25) is 5.72 Å². The molecule has 1 spiro atoms.